The average molecular weight is 216 g/mol. The number of benzene rings is 1. The van der Waals surface area contributed by atoms with E-state index < -0.39 is 5.97 Å². The highest BCUT2D eigenvalue weighted by Gasteiger charge is 2.13. The number of aromatic nitrogens is 2. The maximum absolute atomic E-state index is 11.1. The number of nitrogens with zero attached hydrogens (tertiary/aromatic N) is 1. The van der Waals surface area contributed by atoms with E-state index in [-0.39, 0.29) is 5.56 Å². The monoisotopic (exact) mass is 216 g/mol. The molecule has 0 bridgehead atoms. The summed E-state index contributed by atoms with van der Waals surface area (Å²) in [7, 11) is 0. The number of hydrogen-bond donors (Lipinski definition) is 2. The molecule has 0 amide bonds. The van der Waals surface area contributed by atoms with E-state index >= 15 is 0 Å². The molecule has 16 heavy (non-hydrogen) atoms. The zero-order valence-corrected chi connectivity index (χ0v) is 8.90. The number of aryl methyl sites for hydroxylation is 1. The highest BCUT2D eigenvalue weighted by atomic mass is 16.4. The first-order valence-electron chi connectivity index (χ1n) is 5.08. The number of carbonyl (C=O) groups is 1. The van der Waals surface area contributed by atoms with Gasteiger partial charge in [0.15, 0.2) is 0 Å². The van der Waals surface area contributed by atoms with Crippen LogP contribution >= 0.6 is 0 Å². The van der Waals surface area contributed by atoms with Crippen molar-refractivity contribution in [1.29, 1.82) is 0 Å². The molecule has 0 unspecified atom stereocenters. The third-order valence-corrected chi connectivity index (χ3v) is 2.48. The quantitative estimate of drug-likeness (QED) is 0.827. The van der Waals surface area contributed by atoms with Crippen LogP contribution in [0.15, 0.2) is 30.6 Å². The molecular weight excluding hydrogens is 204 g/mol. The van der Waals surface area contributed by atoms with Gasteiger partial charge in [0.25, 0.3) is 0 Å². The van der Waals surface area contributed by atoms with Gasteiger partial charge in [-0.2, -0.15) is 0 Å². The summed E-state index contributed by atoms with van der Waals surface area (Å²) < 4.78 is 0. The Kier molecular flexibility index (Phi) is 2.72. The van der Waals surface area contributed by atoms with Gasteiger partial charge >= 0.3 is 5.97 Å². The van der Waals surface area contributed by atoms with Crippen molar-refractivity contribution in [2.45, 2.75) is 13.3 Å². The van der Waals surface area contributed by atoms with Gasteiger partial charge in [-0.15, -0.1) is 0 Å². The van der Waals surface area contributed by atoms with Gasteiger partial charge in [-0.05, 0) is 18.1 Å². The van der Waals surface area contributed by atoms with E-state index in [9.17, 15) is 4.79 Å². The van der Waals surface area contributed by atoms with Gasteiger partial charge in [0, 0.05) is 18.0 Å². The van der Waals surface area contributed by atoms with E-state index in [1.165, 1.54) is 0 Å². The number of H-pyrrole nitrogens is 1. The summed E-state index contributed by atoms with van der Waals surface area (Å²) in [4.78, 5) is 18.1. The average Bonchev–Trinajstić information content (AvgIpc) is 2.81. The molecule has 0 aliphatic carbocycles. The van der Waals surface area contributed by atoms with Crippen LogP contribution in [0, 0.1) is 0 Å². The molecule has 4 heteroatoms. The second-order valence-electron chi connectivity index (χ2n) is 3.48. The van der Waals surface area contributed by atoms with Gasteiger partial charge in [0.05, 0.1) is 5.56 Å². The number of imidazole rings is 1. The van der Waals surface area contributed by atoms with Crippen LogP contribution in [0.25, 0.3) is 11.4 Å². The van der Waals surface area contributed by atoms with Gasteiger partial charge in [-0.25, -0.2) is 9.78 Å². The lowest BCUT2D eigenvalue weighted by Gasteiger charge is -2.05. The molecule has 1 aromatic heterocycles. The van der Waals surface area contributed by atoms with Crippen molar-refractivity contribution in [2.24, 2.45) is 0 Å². The summed E-state index contributed by atoms with van der Waals surface area (Å²) in [5.74, 6) is -0.346. The zero-order chi connectivity index (χ0) is 11.5. The predicted octanol–water partition coefficient (Wildman–Crippen LogP) is 2.34. The molecule has 0 saturated heterocycles. The van der Waals surface area contributed by atoms with Crippen LogP contribution in [-0.2, 0) is 6.42 Å². The lowest BCUT2D eigenvalue weighted by Crippen LogP contribution is -2.01. The van der Waals surface area contributed by atoms with Crippen molar-refractivity contribution in [2.75, 3.05) is 0 Å². The topological polar surface area (TPSA) is 66.0 Å². The first-order valence-corrected chi connectivity index (χ1v) is 5.08. The largest absolute Gasteiger partial charge is 0.478 e. The lowest BCUT2D eigenvalue weighted by atomic mass is 10.0. The van der Waals surface area contributed by atoms with Crippen LogP contribution in [0.5, 0.6) is 0 Å². The molecule has 0 fully saturated rings. The molecule has 1 heterocycles. The summed E-state index contributed by atoms with van der Waals surface area (Å²) in [6.45, 7) is 1.99. The fourth-order valence-electron chi connectivity index (χ4n) is 1.61. The Balaban J connectivity index is 2.57. The molecule has 1 aromatic carbocycles. The van der Waals surface area contributed by atoms with E-state index in [2.05, 4.69) is 9.97 Å². The van der Waals surface area contributed by atoms with E-state index in [1.54, 1.807) is 24.5 Å². The third kappa shape index (κ3) is 1.82. The fraction of sp³-hybridized carbons (Fsp3) is 0.167. The van der Waals surface area contributed by atoms with Crippen molar-refractivity contribution in [3.63, 3.8) is 0 Å². The number of aromatic amines is 1. The van der Waals surface area contributed by atoms with Crippen LogP contribution in [0.1, 0.15) is 22.8 Å². The molecule has 82 valence electrons. The summed E-state index contributed by atoms with van der Waals surface area (Å²) in [5.41, 5.74) is 1.91. The normalized spacial score (nSPS) is 10.3. The van der Waals surface area contributed by atoms with Crippen molar-refractivity contribution in [3.8, 4) is 11.4 Å². The number of aromatic carboxylic acids is 1. The zero-order valence-electron chi connectivity index (χ0n) is 8.90. The van der Waals surface area contributed by atoms with Gasteiger partial charge in [-0.1, -0.05) is 19.1 Å². The van der Waals surface area contributed by atoms with Crippen molar-refractivity contribution >= 4 is 5.97 Å². The van der Waals surface area contributed by atoms with Gasteiger partial charge in [0.1, 0.15) is 5.82 Å². The highest BCUT2D eigenvalue weighted by Crippen LogP contribution is 2.21. The van der Waals surface area contributed by atoms with Crippen LogP contribution in [0.2, 0.25) is 0 Å². The molecule has 0 radical (unpaired) electrons. The molecule has 0 saturated carbocycles. The molecule has 2 aromatic rings. The van der Waals surface area contributed by atoms with Crippen molar-refractivity contribution in [1.82, 2.24) is 9.97 Å². The lowest BCUT2D eigenvalue weighted by molar-refractivity contribution is 0.0697. The molecule has 0 spiro atoms. The van der Waals surface area contributed by atoms with E-state index in [1.807, 2.05) is 13.0 Å². The number of carboxylic acid groups (broad SMARTS) is 1. The summed E-state index contributed by atoms with van der Waals surface area (Å²) >= 11 is 0. The molecule has 0 atom stereocenters. The third-order valence-electron chi connectivity index (χ3n) is 2.48. The van der Waals surface area contributed by atoms with Crippen LogP contribution in [0.4, 0.5) is 0 Å². The first kappa shape index (κ1) is 10.4. The first-order chi connectivity index (χ1) is 7.72. The highest BCUT2D eigenvalue weighted by molar-refractivity contribution is 5.95. The number of carboxylic acids is 1. The maximum atomic E-state index is 11.1. The minimum Gasteiger partial charge on any atom is -0.478 e. The van der Waals surface area contributed by atoms with Crippen LogP contribution < -0.4 is 0 Å². The SMILES string of the molecule is CCc1ccc(-c2ncc[nH]2)c(C(=O)O)c1. The molecular formula is C12H12N2O2. The molecule has 2 rings (SSSR count). The molecule has 0 aliphatic heterocycles. The molecule has 2 N–H and O–H groups in total. The Bertz CT molecular complexity index is 504. The van der Waals surface area contributed by atoms with Crippen LogP contribution in [-0.4, -0.2) is 21.0 Å². The Labute approximate surface area is 93.0 Å². The maximum Gasteiger partial charge on any atom is 0.336 e. The fourth-order valence-corrected chi connectivity index (χ4v) is 1.61. The number of rotatable bonds is 3. The number of nitrogens with one attached hydrogen (secondary N) is 1. The second-order valence-corrected chi connectivity index (χ2v) is 3.48. The van der Waals surface area contributed by atoms with Gasteiger partial charge in [-0.3, -0.25) is 0 Å². The number of hydrogen-bond acceptors (Lipinski definition) is 2. The van der Waals surface area contributed by atoms with E-state index in [0.29, 0.717) is 11.4 Å². The second kappa shape index (κ2) is 4.18. The Morgan fingerprint density at radius 2 is 2.31 bits per heavy atom. The minimum atomic E-state index is -0.929. The molecule has 0 aliphatic rings. The van der Waals surface area contributed by atoms with Crippen molar-refractivity contribution in [3.05, 3.63) is 41.7 Å². The Morgan fingerprint density at radius 1 is 1.50 bits per heavy atom. The smallest absolute Gasteiger partial charge is 0.336 e. The summed E-state index contributed by atoms with van der Waals surface area (Å²) in [5, 5.41) is 9.14. The molecule has 4 nitrogen and oxygen atoms in total. The van der Waals surface area contributed by atoms with E-state index in [0.717, 1.165) is 12.0 Å². The Morgan fingerprint density at radius 3 is 2.88 bits per heavy atom. The van der Waals surface area contributed by atoms with E-state index in [4.69, 9.17) is 5.11 Å². The van der Waals surface area contributed by atoms with Crippen LogP contribution in [0.3, 0.4) is 0 Å². The minimum absolute atomic E-state index is 0.286. The predicted molar refractivity (Wildman–Crippen MR) is 60.4 cm³/mol. The van der Waals surface area contributed by atoms with Gasteiger partial charge in [0.2, 0.25) is 0 Å². The summed E-state index contributed by atoms with van der Waals surface area (Å²) in [6, 6.07) is 5.41. The van der Waals surface area contributed by atoms with Gasteiger partial charge < -0.3 is 10.1 Å². The Hall–Kier alpha value is -2.10. The summed E-state index contributed by atoms with van der Waals surface area (Å²) in [6.07, 6.45) is 4.10. The standard InChI is InChI=1S/C12H12N2O2/c1-2-8-3-4-9(10(7-8)12(15)16)11-13-5-6-14-11/h3-7H,2H2,1H3,(H,13,14)(H,15,16). The van der Waals surface area contributed by atoms with Crippen molar-refractivity contribution < 1.29 is 9.90 Å².